The number of ether oxygens (including phenoxy) is 1. The Morgan fingerprint density at radius 1 is 1.24 bits per heavy atom. The van der Waals surface area contributed by atoms with Gasteiger partial charge in [-0.1, -0.05) is 32.9 Å². The third kappa shape index (κ3) is 7.02. The van der Waals surface area contributed by atoms with Crippen molar-refractivity contribution in [1.82, 2.24) is 0 Å². The summed E-state index contributed by atoms with van der Waals surface area (Å²) in [7, 11) is 0. The van der Waals surface area contributed by atoms with Gasteiger partial charge in [-0.25, -0.2) is 0 Å². The maximum absolute atomic E-state index is 12.1. The molecular formula is C14H21ClF3NO2. The van der Waals surface area contributed by atoms with Gasteiger partial charge in [-0.3, -0.25) is 0 Å². The van der Waals surface area contributed by atoms with Gasteiger partial charge >= 0.3 is 6.36 Å². The zero-order chi connectivity index (χ0) is 15.6. The second-order valence-corrected chi connectivity index (χ2v) is 5.84. The Labute approximate surface area is 128 Å². The minimum absolute atomic E-state index is 0. The summed E-state index contributed by atoms with van der Waals surface area (Å²) < 4.78 is 40.2. The number of rotatable bonds is 4. The molecule has 0 saturated heterocycles. The van der Waals surface area contributed by atoms with Gasteiger partial charge in [0.25, 0.3) is 0 Å². The molecule has 122 valence electrons. The van der Waals surface area contributed by atoms with E-state index in [0.717, 1.165) is 0 Å². The third-order valence-corrected chi connectivity index (χ3v) is 3.07. The maximum atomic E-state index is 12.1. The number of alkyl halides is 3. The first-order valence-electron chi connectivity index (χ1n) is 6.28. The third-order valence-electron chi connectivity index (χ3n) is 3.07. The van der Waals surface area contributed by atoms with E-state index in [1.165, 1.54) is 18.2 Å². The monoisotopic (exact) mass is 327 g/mol. The van der Waals surface area contributed by atoms with Crippen molar-refractivity contribution in [2.24, 2.45) is 11.1 Å². The SMILES string of the molecule is CC(C)(C)[C@H](N)C[C@H](O)c1cccc(OC(F)(F)F)c1.Cl. The summed E-state index contributed by atoms with van der Waals surface area (Å²) in [6.07, 6.45) is -5.41. The van der Waals surface area contributed by atoms with Crippen LogP contribution in [-0.2, 0) is 0 Å². The van der Waals surface area contributed by atoms with Gasteiger partial charge < -0.3 is 15.6 Å². The summed E-state index contributed by atoms with van der Waals surface area (Å²) in [5, 5.41) is 10.1. The fourth-order valence-corrected chi connectivity index (χ4v) is 1.65. The molecule has 0 aromatic heterocycles. The van der Waals surface area contributed by atoms with E-state index in [0.29, 0.717) is 5.56 Å². The van der Waals surface area contributed by atoms with Crippen molar-refractivity contribution >= 4 is 12.4 Å². The van der Waals surface area contributed by atoms with Crippen molar-refractivity contribution in [2.45, 2.75) is 45.7 Å². The molecule has 0 heterocycles. The standard InChI is InChI=1S/C14H20F3NO2.ClH/c1-13(2,3)12(18)8-11(19)9-5-4-6-10(7-9)20-14(15,16)17;/h4-7,11-12,19H,8,18H2,1-3H3;1H/t11-,12+;/m0./s1. The van der Waals surface area contributed by atoms with Gasteiger partial charge in [0, 0.05) is 6.04 Å². The number of aliphatic hydroxyl groups excluding tert-OH is 1. The highest BCUT2D eigenvalue weighted by atomic mass is 35.5. The summed E-state index contributed by atoms with van der Waals surface area (Å²) in [5.41, 5.74) is 6.12. The van der Waals surface area contributed by atoms with Crippen LogP contribution >= 0.6 is 12.4 Å². The Kier molecular flexibility index (Phi) is 6.99. The number of hydrogen-bond acceptors (Lipinski definition) is 3. The van der Waals surface area contributed by atoms with E-state index in [9.17, 15) is 18.3 Å². The minimum atomic E-state index is -4.74. The average Bonchev–Trinajstić information content (AvgIpc) is 2.25. The molecule has 0 saturated carbocycles. The zero-order valence-corrected chi connectivity index (χ0v) is 13.0. The minimum Gasteiger partial charge on any atom is -0.406 e. The van der Waals surface area contributed by atoms with Crippen LogP contribution in [0.2, 0.25) is 0 Å². The molecule has 1 rings (SSSR count). The molecule has 3 N–H and O–H groups in total. The highest BCUT2D eigenvalue weighted by Crippen LogP contribution is 2.29. The highest BCUT2D eigenvalue weighted by Gasteiger charge is 2.31. The van der Waals surface area contributed by atoms with E-state index in [-0.39, 0.29) is 36.0 Å². The second kappa shape index (κ2) is 7.33. The molecule has 7 heteroatoms. The number of halogens is 4. The fourth-order valence-electron chi connectivity index (χ4n) is 1.65. The summed E-state index contributed by atoms with van der Waals surface area (Å²) in [5.74, 6) is -0.349. The quantitative estimate of drug-likeness (QED) is 0.884. The van der Waals surface area contributed by atoms with Crippen LogP contribution < -0.4 is 10.5 Å². The number of aliphatic hydroxyl groups is 1. The lowest BCUT2D eigenvalue weighted by Crippen LogP contribution is -2.36. The smallest absolute Gasteiger partial charge is 0.406 e. The van der Waals surface area contributed by atoms with Gasteiger partial charge in [0.15, 0.2) is 0 Å². The Morgan fingerprint density at radius 3 is 2.29 bits per heavy atom. The van der Waals surface area contributed by atoms with Gasteiger partial charge in [0.05, 0.1) is 6.10 Å². The van der Waals surface area contributed by atoms with Crippen LogP contribution in [0.15, 0.2) is 24.3 Å². The molecule has 0 spiro atoms. The normalized spacial score (nSPS) is 15.0. The fraction of sp³-hybridized carbons (Fsp3) is 0.571. The molecule has 1 aromatic rings. The van der Waals surface area contributed by atoms with Crippen LogP contribution in [0.5, 0.6) is 5.75 Å². The molecule has 0 unspecified atom stereocenters. The molecule has 0 bridgehead atoms. The highest BCUT2D eigenvalue weighted by molar-refractivity contribution is 5.85. The van der Waals surface area contributed by atoms with Gasteiger partial charge in [0.1, 0.15) is 5.75 Å². The lowest BCUT2D eigenvalue weighted by atomic mass is 9.83. The molecule has 2 atom stereocenters. The van der Waals surface area contributed by atoms with Gasteiger partial charge in [-0.2, -0.15) is 0 Å². The lowest BCUT2D eigenvalue weighted by Gasteiger charge is -2.29. The molecule has 21 heavy (non-hydrogen) atoms. The Hall–Kier alpha value is -0.980. The molecule has 3 nitrogen and oxygen atoms in total. The van der Waals surface area contributed by atoms with E-state index in [2.05, 4.69) is 4.74 Å². The topological polar surface area (TPSA) is 55.5 Å². The first kappa shape index (κ1) is 20.0. The first-order valence-corrected chi connectivity index (χ1v) is 6.28. The zero-order valence-electron chi connectivity index (χ0n) is 12.1. The Bertz CT molecular complexity index is 447. The van der Waals surface area contributed by atoms with E-state index in [4.69, 9.17) is 5.73 Å². The van der Waals surface area contributed by atoms with Gasteiger partial charge in [0.2, 0.25) is 0 Å². The van der Waals surface area contributed by atoms with E-state index in [1.807, 2.05) is 20.8 Å². The van der Waals surface area contributed by atoms with Crippen molar-refractivity contribution in [3.05, 3.63) is 29.8 Å². The molecule has 0 radical (unpaired) electrons. The van der Waals surface area contributed by atoms with Crippen LogP contribution in [0.1, 0.15) is 38.9 Å². The largest absolute Gasteiger partial charge is 0.573 e. The van der Waals surface area contributed by atoms with Crippen LogP contribution in [-0.4, -0.2) is 17.5 Å². The maximum Gasteiger partial charge on any atom is 0.573 e. The average molecular weight is 328 g/mol. The van der Waals surface area contributed by atoms with Crippen molar-refractivity contribution in [1.29, 1.82) is 0 Å². The van der Waals surface area contributed by atoms with Crippen LogP contribution in [0.4, 0.5) is 13.2 Å². The summed E-state index contributed by atoms with van der Waals surface area (Å²) >= 11 is 0. The van der Waals surface area contributed by atoms with E-state index >= 15 is 0 Å². The summed E-state index contributed by atoms with van der Waals surface area (Å²) in [6, 6.07) is 5.04. The van der Waals surface area contributed by atoms with E-state index < -0.39 is 12.5 Å². The molecule has 0 aliphatic heterocycles. The lowest BCUT2D eigenvalue weighted by molar-refractivity contribution is -0.274. The number of nitrogens with two attached hydrogens (primary N) is 1. The molecular weight excluding hydrogens is 307 g/mol. The van der Waals surface area contributed by atoms with Crippen molar-refractivity contribution in [3.8, 4) is 5.75 Å². The molecule has 1 aromatic carbocycles. The van der Waals surface area contributed by atoms with Gasteiger partial charge in [-0.05, 0) is 29.5 Å². The molecule has 0 amide bonds. The Balaban J connectivity index is 0.00000400. The van der Waals surface area contributed by atoms with Crippen LogP contribution in [0, 0.1) is 5.41 Å². The van der Waals surface area contributed by atoms with Crippen molar-refractivity contribution in [3.63, 3.8) is 0 Å². The summed E-state index contributed by atoms with van der Waals surface area (Å²) in [6.45, 7) is 5.81. The first-order chi connectivity index (χ1) is 8.99. The van der Waals surface area contributed by atoms with Crippen molar-refractivity contribution < 1.29 is 23.0 Å². The number of benzene rings is 1. The summed E-state index contributed by atoms with van der Waals surface area (Å²) in [4.78, 5) is 0. The number of hydrogen-bond donors (Lipinski definition) is 2. The van der Waals surface area contributed by atoms with Crippen LogP contribution in [0.3, 0.4) is 0 Å². The molecule has 0 fully saturated rings. The van der Waals surface area contributed by atoms with Crippen LogP contribution in [0.25, 0.3) is 0 Å². The predicted octanol–water partition coefficient (Wildman–Crippen LogP) is 3.80. The Morgan fingerprint density at radius 2 is 1.81 bits per heavy atom. The second-order valence-electron chi connectivity index (χ2n) is 5.84. The molecule has 0 aliphatic rings. The predicted molar refractivity (Wildman–Crippen MR) is 77.4 cm³/mol. The van der Waals surface area contributed by atoms with E-state index in [1.54, 1.807) is 6.07 Å². The van der Waals surface area contributed by atoms with Gasteiger partial charge in [-0.15, -0.1) is 25.6 Å². The molecule has 0 aliphatic carbocycles. The van der Waals surface area contributed by atoms with Crippen molar-refractivity contribution in [2.75, 3.05) is 0 Å².